The highest BCUT2D eigenvalue weighted by atomic mass is 32.2. The minimum absolute atomic E-state index is 0.119. The quantitative estimate of drug-likeness (QED) is 0.870. The lowest BCUT2D eigenvalue weighted by atomic mass is 10.3. The van der Waals surface area contributed by atoms with Crippen LogP contribution in [0.3, 0.4) is 0 Å². The summed E-state index contributed by atoms with van der Waals surface area (Å²) in [4.78, 5) is 13.5. The molecule has 0 fully saturated rings. The van der Waals surface area contributed by atoms with Crippen molar-refractivity contribution in [3.63, 3.8) is 0 Å². The van der Waals surface area contributed by atoms with Crippen LogP contribution in [0.5, 0.6) is 0 Å². The third-order valence-electron chi connectivity index (χ3n) is 3.13. The summed E-state index contributed by atoms with van der Waals surface area (Å²) >= 11 is 1.84. The maximum atomic E-state index is 12.2. The number of hydrogen-bond acceptors (Lipinski definition) is 3. The van der Waals surface area contributed by atoms with Crippen molar-refractivity contribution in [1.82, 2.24) is 14.3 Å². The monoisotopic (exact) mass is 285 g/mol. The molecule has 5 heteroatoms. The van der Waals surface area contributed by atoms with Gasteiger partial charge in [-0.15, -0.1) is 11.8 Å². The number of rotatable bonds is 3. The van der Waals surface area contributed by atoms with E-state index in [1.807, 2.05) is 43.2 Å². The van der Waals surface area contributed by atoms with Gasteiger partial charge in [0.05, 0.1) is 5.69 Å². The van der Waals surface area contributed by atoms with E-state index >= 15 is 0 Å². The standard InChI is InChI=1S/C15H15N3OS/c1-17-9-2-5-14(17)15(19)18-10-8-12(16-18)6-7-13-4-3-11-20-13/h2,4-10H,3,11H2,1H3/b7-6+. The van der Waals surface area contributed by atoms with Crippen molar-refractivity contribution in [2.24, 2.45) is 7.05 Å². The Labute approximate surface area is 121 Å². The second-order valence-corrected chi connectivity index (χ2v) is 5.74. The van der Waals surface area contributed by atoms with Gasteiger partial charge in [-0.1, -0.05) is 6.08 Å². The van der Waals surface area contributed by atoms with E-state index in [9.17, 15) is 4.79 Å². The van der Waals surface area contributed by atoms with Crippen LogP contribution in [0.15, 0.2) is 47.6 Å². The van der Waals surface area contributed by atoms with E-state index < -0.39 is 0 Å². The van der Waals surface area contributed by atoms with Crippen LogP contribution >= 0.6 is 11.8 Å². The Morgan fingerprint density at radius 2 is 2.25 bits per heavy atom. The van der Waals surface area contributed by atoms with Gasteiger partial charge in [0, 0.05) is 30.1 Å². The summed E-state index contributed by atoms with van der Waals surface area (Å²) in [5.41, 5.74) is 1.42. The van der Waals surface area contributed by atoms with Crippen LogP contribution in [-0.2, 0) is 7.05 Å². The van der Waals surface area contributed by atoms with Gasteiger partial charge < -0.3 is 4.57 Å². The van der Waals surface area contributed by atoms with Crippen LogP contribution in [0.2, 0.25) is 0 Å². The zero-order valence-corrected chi connectivity index (χ0v) is 12.0. The van der Waals surface area contributed by atoms with E-state index in [0.29, 0.717) is 5.69 Å². The molecule has 1 aliphatic heterocycles. The molecule has 0 N–H and O–H groups in total. The van der Waals surface area contributed by atoms with Crippen LogP contribution in [0.4, 0.5) is 0 Å². The highest BCUT2D eigenvalue weighted by molar-refractivity contribution is 8.03. The normalized spacial score (nSPS) is 14.9. The molecule has 3 rings (SSSR count). The van der Waals surface area contributed by atoms with E-state index in [1.54, 1.807) is 16.8 Å². The van der Waals surface area contributed by atoms with E-state index in [1.165, 1.54) is 9.59 Å². The minimum Gasteiger partial charge on any atom is -0.347 e. The van der Waals surface area contributed by atoms with Crippen molar-refractivity contribution in [3.8, 4) is 0 Å². The fraction of sp³-hybridized carbons (Fsp3) is 0.200. The van der Waals surface area contributed by atoms with Gasteiger partial charge in [-0.25, -0.2) is 4.68 Å². The molecule has 0 aliphatic carbocycles. The number of thioether (sulfide) groups is 1. The predicted octanol–water partition coefficient (Wildman–Crippen LogP) is 2.94. The number of carbonyl (C=O) groups excluding carboxylic acids is 1. The lowest BCUT2D eigenvalue weighted by Crippen LogP contribution is -2.15. The maximum absolute atomic E-state index is 12.2. The SMILES string of the molecule is Cn1cccc1C(=O)n1ccc(/C=C/C2=CCCS2)n1. The molecule has 0 saturated heterocycles. The lowest BCUT2D eigenvalue weighted by molar-refractivity contribution is 0.0937. The smallest absolute Gasteiger partial charge is 0.294 e. The molecule has 0 unspecified atom stereocenters. The molecule has 4 nitrogen and oxygen atoms in total. The van der Waals surface area contributed by atoms with Gasteiger partial charge in [0.25, 0.3) is 5.91 Å². The molecule has 0 atom stereocenters. The van der Waals surface area contributed by atoms with Crippen molar-refractivity contribution < 1.29 is 4.79 Å². The Kier molecular flexibility index (Phi) is 3.60. The van der Waals surface area contributed by atoms with E-state index in [4.69, 9.17) is 0 Å². The first kappa shape index (κ1) is 13.0. The Morgan fingerprint density at radius 1 is 1.35 bits per heavy atom. The minimum atomic E-state index is -0.119. The first-order valence-electron chi connectivity index (χ1n) is 6.47. The average Bonchev–Trinajstić information content (AvgIpc) is 3.17. The van der Waals surface area contributed by atoms with E-state index in [2.05, 4.69) is 17.3 Å². The number of carbonyl (C=O) groups is 1. The first-order valence-corrected chi connectivity index (χ1v) is 7.45. The van der Waals surface area contributed by atoms with Crippen LogP contribution in [0, 0.1) is 0 Å². The highest BCUT2D eigenvalue weighted by Crippen LogP contribution is 2.26. The Bertz CT molecular complexity index is 694. The summed E-state index contributed by atoms with van der Waals surface area (Å²) in [5, 5.41) is 4.30. The molecule has 0 radical (unpaired) electrons. The van der Waals surface area contributed by atoms with Crippen molar-refractivity contribution in [2.75, 3.05) is 5.75 Å². The molecule has 0 spiro atoms. The predicted molar refractivity (Wildman–Crippen MR) is 81.6 cm³/mol. The summed E-state index contributed by atoms with van der Waals surface area (Å²) in [6.45, 7) is 0. The molecule has 2 aromatic heterocycles. The van der Waals surface area contributed by atoms with Crippen molar-refractivity contribution in [3.05, 3.63) is 59.0 Å². The Hall–Kier alpha value is -2.01. The zero-order valence-electron chi connectivity index (χ0n) is 11.2. The number of nitrogens with zero attached hydrogens (tertiary/aromatic N) is 3. The first-order chi connectivity index (χ1) is 9.74. The van der Waals surface area contributed by atoms with Gasteiger partial charge >= 0.3 is 0 Å². The molecule has 0 amide bonds. The van der Waals surface area contributed by atoms with Gasteiger partial charge in [-0.05, 0) is 36.8 Å². The van der Waals surface area contributed by atoms with Gasteiger partial charge in [-0.2, -0.15) is 5.10 Å². The van der Waals surface area contributed by atoms with Crippen molar-refractivity contribution in [2.45, 2.75) is 6.42 Å². The fourth-order valence-electron chi connectivity index (χ4n) is 2.06. The summed E-state index contributed by atoms with van der Waals surface area (Å²) in [7, 11) is 1.85. The number of hydrogen-bond donors (Lipinski definition) is 0. The van der Waals surface area contributed by atoms with E-state index in [-0.39, 0.29) is 5.91 Å². The van der Waals surface area contributed by atoms with Gasteiger partial charge in [-0.3, -0.25) is 4.79 Å². The molecule has 3 heterocycles. The topological polar surface area (TPSA) is 39.8 Å². The van der Waals surface area contributed by atoms with Crippen molar-refractivity contribution >= 4 is 23.7 Å². The fourth-order valence-corrected chi connectivity index (χ4v) is 2.93. The third-order valence-corrected chi connectivity index (χ3v) is 4.21. The number of aryl methyl sites for hydroxylation is 1. The summed E-state index contributed by atoms with van der Waals surface area (Å²) in [6, 6.07) is 5.48. The van der Waals surface area contributed by atoms with E-state index in [0.717, 1.165) is 17.9 Å². The molecule has 20 heavy (non-hydrogen) atoms. The van der Waals surface area contributed by atoms with Gasteiger partial charge in [0.1, 0.15) is 5.69 Å². The van der Waals surface area contributed by atoms with Crippen LogP contribution < -0.4 is 0 Å². The van der Waals surface area contributed by atoms with Crippen LogP contribution in [0.25, 0.3) is 6.08 Å². The summed E-state index contributed by atoms with van der Waals surface area (Å²) in [5.74, 6) is 1.03. The molecular formula is C15H15N3OS. The largest absolute Gasteiger partial charge is 0.347 e. The van der Waals surface area contributed by atoms with Crippen molar-refractivity contribution in [1.29, 1.82) is 0 Å². The second-order valence-electron chi connectivity index (χ2n) is 4.57. The highest BCUT2D eigenvalue weighted by Gasteiger charge is 2.12. The molecular weight excluding hydrogens is 270 g/mol. The molecule has 0 saturated carbocycles. The molecule has 102 valence electrons. The summed E-state index contributed by atoms with van der Waals surface area (Å²) in [6.07, 6.45) is 10.9. The van der Waals surface area contributed by atoms with Crippen LogP contribution in [-0.4, -0.2) is 26.0 Å². The summed E-state index contributed by atoms with van der Waals surface area (Å²) < 4.78 is 3.17. The Morgan fingerprint density at radius 3 is 2.95 bits per heavy atom. The maximum Gasteiger partial charge on any atom is 0.294 e. The Balaban J connectivity index is 1.77. The lowest BCUT2D eigenvalue weighted by Gasteiger charge is -2.01. The molecule has 2 aromatic rings. The molecule has 0 aromatic carbocycles. The average molecular weight is 285 g/mol. The van der Waals surface area contributed by atoms with Gasteiger partial charge in [0.2, 0.25) is 0 Å². The number of allylic oxidation sites excluding steroid dienone is 2. The van der Waals surface area contributed by atoms with Gasteiger partial charge in [0.15, 0.2) is 0 Å². The second kappa shape index (κ2) is 5.54. The van der Waals surface area contributed by atoms with Crippen LogP contribution in [0.1, 0.15) is 22.6 Å². The molecule has 0 bridgehead atoms. The molecule has 1 aliphatic rings. The zero-order chi connectivity index (χ0) is 13.9. The number of aromatic nitrogens is 3. The third kappa shape index (κ3) is 2.63.